The maximum Gasteiger partial charge on any atom is 0.262 e. The highest BCUT2D eigenvalue weighted by atomic mass is 32.1. The van der Waals surface area contributed by atoms with Crippen molar-refractivity contribution >= 4 is 23.0 Å². The molecule has 0 saturated carbocycles. The van der Waals surface area contributed by atoms with Crippen molar-refractivity contribution in [2.45, 2.75) is 25.4 Å². The minimum absolute atomic E-state index is 0.0441. The SMILES string of the molecule is O=C(N[C@@H](C(=O)c1ccccc1)N1CCCCC1)c1cccs1. The van der Waals surface area contributed by atoms with E-state index in [1.807, 2.05) is 29.6 Å². The molecule has 120 valence electrons. The van der Waals surface area contributed by atoms with Crippen molar-refractivity contribution in [3.63, 3.8) is 0 Å². The van der Waals surface area contributed by atoms with Crippen LogP contribution < -0.4 is 5.32 Å². The highest BCUT2D eigenvalue weighted by molar-refractivity contribution is 7.12. The van der Waals surface area contributed by atoms with E-state index < -0.39 is 6.17 Å². The number of nitrogens with one attached hydrogen (secondary N) is 1. The number of ketones is 1. The second-order valence-corrected chi connectivity index (χ2v) is 6.63. The summed E-state index contributed by atoms with van der Waals surface area (Å²) < 4.78 is 0. The van der Waals surface area contributed by atoms with Gasteiger partial charge in [0.15, 0.2) is 5.78 Å². The molecule has 1 atom stereocenters. The highest BCUT2D eigenvalue weighted by Gasteiger charge is 2.29. The Morgan fingerprint density at radius 2 is 1.74 bits per heavy atom. The normalized spacial score (nSPS) is 16.7. The Kier molecular flexibility index (Phi) is 5.20. The minimum atomic E-state index is -0.590. The third kappa shape index (κ3) is 3.86. The summed E-state index contributed by atoms with van der Waals surface area (Å²) >= 11 is 1.39. The minimum Gasteiger partial charge on any atom is -0.329 e. The van der Waals surface area contributed by atoms with Crippen LogP contribution in [0.4, 0.5) is 0 Å². The van der Waals surface area contributed by atoms with E-state index in [1.54, 1.807) is 18.2 Å². The number of likely N-dealkylation sites (tertiary alicyclic amines) is 1. The summed E-state index contributed by atoms with van der Waals surface area (Å²) in [6, 6.07) is 12.8. The van der Waals surface area contributed by atoms with Gasteiger partial charge in [0.1, 0.15) is 6.17 Å². The lowest BCUT2D eigenvalue weighted by Crippen LogP contribution is -2.54. The zero-order valence-corrected chi connectivity index (χ0v) is 13.7. The Hall–Kier alpha value is -1.98. The average Bonchev–Trinajstić information content (AvgIpc) is 3.15. The summed E-state index contributed by atoms with van der Waals surface area (Å²) in [6.07, 6.45) is 2.72. The molecular formula is C18H20N2O2S. The fraction of sp³-hybridized carbons (Fsp3) is 0.333. The molecule has 0 aliphatic carbocycles. The fourth-order valence-corrected chi connectivity index (χ4v) is 3.49. The van der Waals surface area contributed by atoms with Crippen molar-refractivity contribution in [2.75, 3.05) is 13.1 Å². The van der Waals surface area contributed by atoms with Gasteiger partial charge in [-0.3, -0.25) is 14.5 Å². The van der Waals surface area contributed by atoms with Gasteiger partial charge < -0.3 is 5.32 Å². The van der Waals surface area contributed by atoms with E-state index in [9.17, 15) is 9.59 Å². The van der Waals surface area contributed by atoms with E-state index in [-0.39, 0.29) is 11.7 Å². The molecule has 2 heterocycles. The number of carbonyl (C=O) groups excluding carboxylic acids is 2. The summed E-state index contributed by atoms with van der Waals surface area (Å²) in [5.41, 5.74) is 0.634. The molecule has 0 bridgehead atoms. The molecule has 1 aliphatic rings. The van der Waals surface area contributed by atoms with Gasteiger partial charge in [-0.25, -0.2) is 0 Å². The van der Waals surface area contributed by atoms with Crippen molar-refractivity contribution in [3.05, 3.63) is 58.3 Å². The number of hydrogen-bond donors (Lipinski definition) is 1. The summed E-state index contributed by atoms with van der Waals surface area (Å²) in [6.45, 7) is 1.68. The Morgan fingerprint density at radius 1 is 1.00 bits per heavy atom. The number of rotatable bonds is 5. The van der Waals surface area contributed by atoms with Crippen LogP contribution in [0.25, 0.3) is 0 Å². The van der Waals surface area contributed by atoms with Crippen molar-refractivity contribution in [3.8, 4) is 0 Å². The first-order chi connectivity index (χ1) is 11.3. The lowest BCUT2D eigenvalue weighted by atomic mass is 10.0. The van der Waals surface area contributed by atoms with Crippen LogP contribution in [0.15, 0.2) is 47.8 Å². The topological polar surface area (TPSA) is 49.4 Å². The number of nitrogens with zero attached hydrogens (tertiary/aromatic N) is 1. The van der Waals surface area contributed by atoms with Gasteiger partial charge in [-0.2, -0.15) is 0 Å². The number of thiophene rings is 1. The fourth-order valence-electron chi connectivity index (χ4n) is 2.86. The molecule has 2 aromatic rings. The molecule has 23 heavy (non-hydrogen) atoms. The van der Waals surface area contributed by atoms with E-state index in [1.165, 1.54) is 17.8 Å². The van der Waals surface area contributed by atoms with E-state index in [0.29, 0.717) is 10.4 Å². The predicted octanol–water partition coefficient (Wildman–Crippen LogP) is 3.17. The van der Waals surface area contributed by atoms with Crippen molar-refractivity contribution in [1.82, 2.24) is 10.2 Å². The van der Waals surface area contributed by atoms with Crippen LogP contribution in [0.3, 0.4) is 0 Å². The third-order valence-corrected chi connectivity index (χ3v) is 4.94. The summed E-state index contributed by atoms with van der Waals surface area (Å²) in [4.78, 5) is 28.0. The van der Waals surface area contributed by atoms with Crippen molar-refractivity contribution in [1.29, 1.82) is 0 Å². The summed E-state index contributed by atoms with van der Waals surface area (Å²) in [7, 11) is 0. The number of benzene rings is 1. The molecule has 1 saturated heterocycles. The second kappa shape index (κ2) is 7.53. The molecule has 0 radical (unpaired) electrons. The molecule has 4 nitrogen and oxygen atoms in total. The second-order valence-electron chi connectivity index (χ2n) is 5.68. The van der Waals surface area contributed by atoms with Crippen molar-refractivity contribution < 1.29 is 9.59 Å². The molecule has 1 aliphatic heterocycles. The van der Waals surface area contributed by atoms with Crippen LogP contribution in [0, 0.1) is 0 Å². The van der Waals surface area contributed by atoms with E-state index >= 15 is 0 Å². The largest absolute Gasteiger partial charge is 0.329 e. The van der Waals surface area contributed by atoms with Crippen molar-refractivity contribution in [2.24, 2.45) is 0 Å². The lowest BCUT2D eigenvalue weighted by molar-refractivity contribution is 0.0654. The van der Waals surface area contributed by atoms with E-state index in [4.69, 9.17) is 0 Å². The number of Topliss-reactive ketones (excluding diaryl/α,β-unsaturated/α-hetero) is 1. The van der Waals surface area contributed by atoms with E-state index in [0.717, 1.165) is 25.9 Å². The Balaban J connectivity index is 1.81. The molecule has 1 aromatic heterocycles. The molecule has 0 unspecified atom stereocenters. The number of carbonyl (C=O) groups is 2. The van der Waals surface area contributed by atoms with Gasteiger partial charge in [-0.15, -0.1) is 11.3 Å². The Labute approximate surface area is 140 Å². The molecule has 1 N–H and O–H groups in total. The zero-order valence-electron chi connectivity index (χ0n) is 12.9. The van der Waals surface area contributed by atoms with Crippen LogP contribution in [0.1, 0.15) is 39.3 Å². The predicted molar refractivity (Wildman–Crippen MR) is 91.8 cm³/mol. The average molecular weight is 328 g/mol. The maximum atomic E-state index is 12.9. The molecule has 5 heteroatoms. The first kappa shape index (κ1) is 15.9. The van der Waals surface area contributed by atoms with Crippen LogP contribution in [0.5, 0.6) is 0 Å². The van der Waals surface area contributed by atoms with Crippen LogP contribution in [0.2, 0.25) is 0 Å². The van der Waals surface area contributed by atoms with Gasteiger partial charge in [-0.05, 0) is 24.3 Å². The summed E-state index contributed by atoms with van der Waals surface area (Å²) in [5, 5.41) is 4.80. The van der Waals surface area contributed by atoms with Crippen LogP contribution in [-0.4, -0.2) is 35.8 Å². The standard InChI is InChI=1S/C18H20N2O2S/c21-16(14-8-3-1-4-9-14)17(20-11-5-2-6-12-20)19-18(22)15-10-7-13-23-15/h1,3-4,7-10,13,17H,2,5-6,11-12H2,(H,19,22)/t17-/m1/s1. The molecule has 1 amide bonds. The number of amides is 1. The van der Waals surface area contributed by atoms with E-state index in [2.05, 4.69) is 10.2 Å². The molecule has 1 aromatic carbocycles. The third-order valence-electron chi connectivity index (χ3n) is 4.08. The first-order valence-electron chi connectivity index (χ1n) is 7.93. The van der Waals surface area contributed by atoms with Crippen LogP contribution >= 0.6 is 11.3 Å². The van der Waals surface area contributed by atoms with Gasteiger partial charge in [0.25, 0.3) is 5.91 Å². The van der Waals surface area contributed by atoms with Crippen LogP contribution in [-0.2, 0) is 0 Å². The monoisotopic (exact) mass is 328 g/mol. The number of piperidine rings is 1. The smallest absolute Gasteiger partial charge is 0.262 e. The zero-order chi connectivity index (χ0) is 16.1. The number of hydrogen-bond acceptors (Lipinski definition) is 4. The lowest BCUT2D eigenvalue weighted by Gasteiger charge is -2.33. The molecule has 1 fully saturated rings. The highest BCUT2D eigenvalue weighted by Crippen LogP contribution is 2.16. The van der Waals surface area contributed by atoms with Gasteiger partial charge >= 0.3 is 0 Å². The van der Waals surface area contributed by atoms with Gasteiger partial charge in [0.2, 0.25) is 0 Å². The first-order valence-corrected chi connectivity index (χ1v) is 8.81. The Morgan fingerprint density at radius 3 is 2.39 bits per heavy atom. The maximum absolute atomic E-state index is 12.9. The van der Waals surface area contributed by atoms with Gasteiger partial charge in [0, 0.05) is 18.7 Å². The molecule has 3 rings (SSSR count). The quantitative estimate of drug-likeness (QED) is 0.858. The molecular weight excluding hydrogens is 308 g/mol. The van der Waals surface area contributed by atoms with Gasteiger partial charge in [0.05, 0.1) is 4.88 Å². The Bertz CT molecular complexity index is 649. The molecule has 0 spiro atoms. The summed E-state index contributed by atoms with van der Waals surface area (Å²) in [5.74, 6) is -0.225. The van der Waals surface area contributed by atoms with Gasteiger partial charge in [-0.1, -0.05) is 42.8 Å².